The molecule has 2 rings (SSSR count). The van der Waals surface area contributed by atoms with Gasteiger partial charge >= 0.3 is 11.9 Å². The number of hydrogen-bond acceptors (Lipinski definition) is 14. The van der Waals surface area contributed by atoms with E-state index in [2.05, 4.69) is 0 Å². The molecule has 0 saturated carbocycles. The van der Waals surface area contributed by atoms with E-state index >= 15 is 0 Å². The summed E-state index contributed by atoms with van der Waals surface area (Å²) in [5.74, 6) is -5.25. The number of carbonyl (C=O) groups is 2. The molecular weight excluding hydrogens is 432 g/mol. The molecule has 0 spiro atoms. The van der Waals surface area contributed by atoms with Crippen LogP contribution in [0.2, 0.25) is 0 Å². The number of aliphatic hydroxyl groups is 8. The predicted molar refractivity (Wildman–Crippen MR) is 90.5 cm³/mol. The van der Waals surface area contributed by atoms with E-state index in [0.717, 1.165) is 0 Å². The first kappa shape index (κ1) is 25.8. The second kappa shape index (κ2) is 10.4. The van der Waals surface area contributed by atoms with Crippen LogP contribution in [0.3, 0.4) is 0 Å². The van der Waals surface area contributed by atoms with Crippen molar-refractivity contribution in [3.63, 3.8) is 0 Å². The van der Waals surface area contributed by atoms with Gasteiger partial charge in [-0.15, -0.1) is 0 Å². The molecule has 0 aromatic rings. The first-order valence-electron chi connectivity index (χ1n) is 9.20. The van der Waals surface area contributed by atoms with Gasteiger partial charge in [-0.25, -0.2) is 0 Å². The third-order valence-electron chi connectivity index (χ3n) is 4.90. The molecular formula is C16H26O15. The summed E-state index contributed by atoms with van der Waals surface area (Å²) in [7, 11) is 0. The number of carboxylic acids is 1. The first-order valence-corrected chi connectivity index (χ1v) is 9.20. The molecule has 0 aliphatic carbocycles. The van der Waals surface area contributed by atoms with Gasteiger partial charge < -0.3 is 64.9 Å². The summed E-state index contributed by atoms with van der Waals surface area (Å²) < 4.78 is 20.2. The minimum Gasteiger partial charge on any atom is -0.481 e. The van der Waals surface area contributed by atoms with Gasteiger partial charge in [0.05, 0.1) is 19.4 Å². The summed E-state index contributed by atoms with van der Waals surface area (Å²) in [5, 5.41) is 87.6. The molecule has 2 aliphatic heterocycles. The topological polar surface area (TPSA) is 253 Å². The molecule has 9 N–H and O–H groups in total. The highest BCUT2D eigenvalue weighted by molar-refractivity contribution is 5.76. The highest BCUT2D eigenvalue weighted by Gasteiger charge is 2.58. The van der Waals surface area contributed by atoms with Gasteiger partial charge in [0.2, 0.25) is 0 Å². The Kier molecular flexibility index (Phi) is 8.65. The summed E-state index contributed by atoms with van der Waals surface area (Å²) in [6.07, 6.45) is -18.4. The molecule has 10 atom stereocenters. The van der Waals surface area contributed by atoms with Crippen molar-refractivity contribution in [3.05, 3.63) is 0 Å². The van der Waals surface area contributed by atoms with Gasteiger partial charge in [-0.1, -0.05) is 0 Å². The quantitative estimate of drug-likeness (QED) is 0.154. The van der Waals surface area contributed by atoms with Crippen LogP contribution in [0.1, 0.15) is 12.8 Å². The van der Waals surface area contributed by atoms with Crippen LogP contribution in [0.25, 0.3) is 0 Å². The number of aliphatic hydroxyl groups excluding tert-OH is 8. The van der Waals surface area contributed by atoms with Gasteiger partial charge in [0.1, 0.15) is 43.2 Å². The Morgan fingerprint density at radius 2 is 1.55 bits per heavy atom. The highest BCUT2D eigenvalue weighted by Crippen LogP contribution is 2.34. The van der Waals surface area contributed by atoms with Crippen LogP contribution in [0, 0.1) is 0 Å². The number of ether oxygens (including phenoxy) is 4. The molecule has 0 unspecified atom stereocenters. The Balaban J connectivity index is 2.22. The van der Waals surface area contributed by atoms with Crippen LogP contribution in [0.4, 0.5) is 0 Å². The molecule has 0 bridgehead atoms. The van der Waals surface area contributed by atoms with Gasteiger partial charge in [-0.05, 0) is 0 Å². The molecule has 2 heterocycles. The fraction of sp³-hybridized carbons (Fsp3) is 0.875. The lowest BCUT2D eigenvalue weighted by atomic mass is 9.95. The zero-order valence-corrected chi connectivity index (χ0v) is 16.0. The van der Waals surface area contributed by atoms with Crippen LogP contribution in [0.5, 0.6) is 0 Å². The third kappa shape index (κ3) is 5.47. The van der Waals surface area contributed by atoms with Crippen molar-refractivity contribution in [2.45, 2.75) is 73.9 Å². The number of carbonyl (C=O) groups excluding carboxylic acids is 1. The van der Waals surface area contributed by atoms with Crippen molar-refractivity contribution < 1.29 is 74.5 Å². The van der Waals surface area contributed by atoms with E-state index in [0.29, 0.717) is 0 Å². The standard InChI is InChI=1S/C16H26O15/c17-3-5-12(8(22)10(24)14(27)28-5)29-15-11(25)9(23)13(26)16(4-18,31-15)30-7(21)2-1-6(19)20/h5,8-15,17-18,22-27H,1-4H2,(H,19,20)/t5-,8-,9+,10-,11-,12-,13-,14-,15+,16+/m1/s1. The molecule has 2 aliphatic rings. The largest absolute Gasteiger partial charge is 0.481 e. The van der Waals surface area contributed by atoms with Crippen LogP contribution >= 0.6 is 0 Å². The fourth-order valence-electron chi connectivity index (χ4n) is 3.14. The molecule has 15 heteroatoms. The number of esters is 1. The van der Waals surface area contributed by atoms with E-state index in [1.54, 1.807) is 0 Å². The van der Waals surface area contributed by atoms with E-state index in [-0.39, 0.29) is 0 Å². The first-order chi connectivity index (χ1) is 14.5. The Bertz CT molecular complexity index is 628. The summed E-state index contributed by atoms with van der Waals surface area (Å²) >= 11 is 0. The predicted octanol–water partition coefficient (Wildman–Crippen LogP) is -5.66. The van der Waals surface area contributed by atoms with E-state index < -0.39 is 99.1 Å². The summed E-state index contributed by atoms with van der Waals surface area (Å²) in [4.78, 5) is 22.5. The number of aliphatic carboxylic acids is 1. The average Bonchev–Trinajstić information content (AvgIpc) is 2.73. The zero-order valence-electron chi connectivity index (χ0n) is 16.0. The second-order valence-corrected chi connectivity index (χ2v) is 7.08. The maximum atomic E-state index is 11.9. The van der Waals surface area contributed by atoms with Gasteiger partial charge in [-0.2, -0.15) is 0 Å². The number of rotatable bonds is 8. The van der Waals surface area contributed by atoms with E-state index in [4.69, 9.17) is 24.1 Å². The van der Waals surface area contributed by atoms with E-state index in [1.165, 1.54) is 0 Å². The fourth-order valence-corrected chi connectivity index (χ4v) is 3.14. The van der Waals surface area contributed by atoms with Crippen LogP contribution in [0.15, 0.2) is 0 Å². The van der Waals surface area contributed by atoms with Crippen molar-refractivity contribution in [2.24, 2.45) is 0 Å². The summed E-state index contributed by atoms with van der Waals surface area (Å²) in [6.45, 7) is -2.08. The average molecular weight is 458 g/mol. The SMILES string of the molecule is O=C(O)CCC(=O)O[C@@]1(CO)O[C@H](O[C@H]2[C@H](O)[C@@H](O)[C@H](O)O[C@@H]2CO)[C@H](O)[C@H](O)[C@H]1O. The molecule has 180 valence electrons. The van der Waals surface area contributed by atoms with Crippen molar-refractivity contribution in [1.82, 2.24) is 0 Å². The highest BCUT2D eigenvalue weighted by atomic mass is 16.8. The van der Waals surface area contributed by atoms with E-state index in [1.807, 2.05) is 0 Å². The van der Waals surface area contributed by atoms with Gasteiger partial charge in [-0.3, -0.25) is 9.59 Å². The molecule has 0 amide bonds. The lowest BCUT2D eigenvalue weighted by molar-refractivity contribution is -0.416. The summed E-state index contributed by atoms with van der Waals surface area (Å²) in [6, 6.07) is 0. The van der Waals surface area contributed by atoms with Gasteiger partial charge in [0.25, 0.3) is 5.79 Å². The number of carboxylic acid groups (broad SMARTS) is 1. The van der Waals surface area contributed by atoms with Crippen LogP contribution < -0.4 is 0 Å². The molecule has 15 nitrogen and oxygen atoms in total. The van der Waals surface area contributed by atoms with Crippen molar-refractivity contribution in [1.29, 1.82) is 0 Å². The molecule has 0 aromatic carbocycles. The van der Waals surface area contributed by atoms with Crippen LogP contribution in [-0.4, -0.2) is 132 Å². The molecule has 2 saturated heterocycles. The minimum atomic E-state index is -2.69. The van der Waals surface area contributed by atoms with Gasteiger partial charge in [0.15, 0.2) is 18.7 Å². The normalized spacial score (nSPS) is 43.4. The maximum Gasteiger partial charge on any atom is 0.309 e. The Labute approximate surface area is 174 Å². The molecule has 31 heavy (non-hydrogen) atoms. The lowest BCUT2D eigenvalue weighted by Crippen LogP contribution is -2.69. The minimum absolute atomic E-state index is 0.647. The second-order valence-electron chi connectivity index (χ2n) is 7.08. The van der Waals surface area contributed by atoms with E-state index in [9.17, 15) is 50.4 Å². The third-order valence-corrected chi connectivity index (χ3v) is 4.90. The molecule has 2 fully saturated rings. The van der Waals surface area contributed by atoms with Crippen molar-refractivity contribution in [3.8, 4) is 0 Å². The molecule has 0 aromatic heterocycles. The monoisotopic (exact) mass is 458 g/mol. The Morgan fingerprint density at radius 3 is 2.10 bits per heavy atom. The zero-order chi connectivity index (χ0) is 23.5. The maximum absolute atomic E-state index is 11.9. The smallest absolute Gasteiger partial charge is 0.309 e. The molecule has 0 radical (unpaired) electrons. The Hall–Kier alpha value is -1.50. The summed E-state index contributed by atoms with van der Waals surface area (Å²) in [5.41, 5.74) is 0. The van der Waals surface area contributed by atoms with Crippen molar-refractivity contribution >= 4 is 11.9 Å². The van der Waals surface area contributed by atoms with Gasteiger partial charge in [0, 0.05) is 0 Å². The van der Waals surface area contributed by atoms with Crippen LogP contribution in [-0.2, 0) is 28.5 Å². The lowest BCUT2D eigenvalue weighted by Gasteiger charge is -2.48. The Morgan fingerprint density at radius 1 is 0.903 bits per heavy atom. The van der Waals surface area contributed by atoms with Crippen molar-refractivity contribution in [2.75, 3.05) is 13.2 Å². The number of hydrogen-bond donors (Lipinski definition) is 9.